The van der Waals surface area contributed by atoms with E-state index in [-0.39, 0.29) is 0 Å². The molecule has 1 aromatic rings. The van der Waals surface area contributed by atoms with Crippen molar-refractivity contribution < 1.29 is 0 Å². The summed E-state index contributed by atoms with van der Waals surface area (Å²) in [6.07, 6.45) is 1.74. The molecule has 2 heterocycles. The lowest BCUT2D eigenvalue weighted by molar-refractivity contribution is 0.597. The van der Waals surface area contributed by atoms with Crippen LogP contribution in [-0.2, 0) is 0 Å². The van der Waals surface area contributed by atoms with Crippen LogP contribution in [0, 0.1) is 5.92 Å². The second kappa shape index (κ2) is 4.09. The Morgan fingerprint density at radius 1 is 1.57 bits per heavy atom. The van der Waals surface area contributed by atoms with E-state index in [1.807, 2.05) is 17.8 Å². The van der Waals surface area contributed by atoms with Crippen LogP contribution in [0.4, 0.5) is 11.5 Å². The number of nitrogens with two attached hydrogens (primary N) is 1. The molecule has 0 saturated carbocycles. The standard InChI is InChI=1S/C10H15N3S/c1-7-5-14-6-9(7)13-10-4-8(11)2-3-12-10/h2-4,7,9H,5-6H2,1H3,(H3,11,12,13). The van der Waals surface area contributed by atoms with E-state index in [4.69, 9.17) is 5.73 Å². The van der Waals surface area contributed by atoms with Gasteiger partial charge in [-0.1, -0.05) is 6.92 Å². The van der Waals surface area contributed by atoms with Crippen molar-refractivity contribution in [3.8, 4) is 0 Å². The van der Waals surface area contributed by atoms with Crippen LogP contribution in [0.5, 0.6) is 0 Å². The summed E-state index contributed by atoms with van der Waals surface area (Å²) in [6, 6.07) is 4.22. The summed E-state index contributed by atoms with van der Waals surface area (Å²) in [6.45, 7) is 2.27. The molecular formula is C10H15N3S. The molecule has 1 aromatic heterocycles. The highest BCUT2D eigenvalue weighted by atomic mass is 32.2. The number of hydrogen-bond acceptors (Lipinski definition) is 4. The Kier molecular flexibility index (Phi) is 2.82. The molecule has 0 aliphatic carbocycles. The molecular weight excluding hydrogens is 194 g/mol. The highest BCUT2D eigenvalue weighted by Crippen LogP contribution is 2.26. The van der Waals surface area contributed by atoms with Crippen molar-refractivity contribution in [2.24, 2.45) is 5.92 Å². The predicted molar refractivity (Wildman–Crippen MR) is 62.5 cm³/mol. The normalized spacial score (nSPS) is 26.4. The maximum atomic E-state index is 5.68. The lowest BCUT2D eigenvalue weighted by Crippen LogP contribution is -2.26. The monoisotopic (exact) mass is 209 g/mol. The van der Waals surface area contributed by atoms with Crippen LogP contribution < -0.4 is 11.1 Å². The third kappa shape index (κ3) is 2.12. The molecule has 2 unspecified atom stereocenters. The number of thioether (sulfide) groups is 1. The Hall–Kier alpha value is -0.900. The number of aromatic nitrogens is 1. The quantitative estimate of drug-likeness (QED) is 0.780. The van der Waals surface area contributed by atoms with Crippen molar-refractivity contribution in [2.45, 2.75) is 13.0 Å². The lowest BCUT2D eigenvalue weighted by Gasteiger charge is -2.16. The van der Waals surface area contributed by atoms with E-state index < -0.39 is 0 Å². The van der Waals surface area contributed by atoms with E-state index in [0.29, 0.717) is 12.0 Å². The number of nitrogens with one attached hydrogen (secondary N) is 1. The molecule has 0 amide bonds. The van der Waals surface area contributed by atoms with Gasteiger partial charge in [-0.2, -0.15) is 11.8 Å². The number of hydrogen-bond donors (Lipinski definition) is 2. The first-order chi connectivity index (χ1) is 6.75. The first-order valence-electron chi connectivity index (χ1n) is 4.81. The molecule has 1 aliphatic heterocycles. The van der Waals surface area contributed by atoms with Gasteiger partial charge in [0.25, 0.3) is 0 Å². The molecule has 1 saturated heterocycles. The third-order valence-corrected chi connectivity index (χ3v) is 3.84. The number of nitrogens with zero attached hydrogens (tertiary/aromatic N) is 1. The highest BCUT2D eigenvalue weighted by Gasteiger charge is 2.23. The van der Waals surface area contributed by atoms with Crippen molar-refractivity contribution in [2.75, 3.05) is 22.6 Å². The van der Waals surface area contributed by atoms with Crippen LogP contribution in [0.1, 0.15) is 6.92 Å². The van der Waals surface area contributed by atoms with Crippen molar-refractivity contribution in [1.29, 1.82) is 0 Å². The fourth-order valence-electron chi connectivity index (χ4n) is 1.56. The molecule has 0 bridgehead atoms. The van der Waals surface area contributed by atoms with Crippen molar-refractivity contribution in [1.82, 2.24) is 4.98 Å². The van der Waals surface area contributed by atoms with Gasteiger partial charge < -0.3 is 11.1 Å². The fraction of sp³-hybridized carbons (Fsp3) is 0.500. The Balaban J connectivity index is 2.03. The van der Waals surface area contributed by atoms with Crippen LogP contribution in [0.15, 0.2) is 18.3 Å². The first-order valence-corrected chi connectivity index (χ1v) is 5.97. The summed E-state index contributed by atoms with van der Waals surface area (Å²) >= 11 is 1.99. The Labute approximate surface area is 88.5 Å². The molecule has 0 radical (unpaired) electrons. The van der Waals surface area contributed by atoms with Gasteiger partial charge in [0, 0.05) is 29.7 Å². The van der Waals surface area contributed by atoms with Gasteiger partial charge in [0.15, 0.2) is 0 Å². The van der Waals surface area contributed by atoms with Gasteiger partial charge in [-0.25, -0.2) is 4.98 Å². The number of anilines is 2. The second-order valence-electron chi connectivity index (χ2n) is 3.74. The minimum absolute atomic E-state index is 0.536. The second-order valence-corrected chi connectivity index (χ2v) is 4.81. The summed E-state index contributed by atoms with van der Waals surface area (Å²) < 4.78 is 0. The summed E-state index contributed by atoms with van der Waals surface area (Å²) in [4.78, 5) is 4.24. The maximum absolute atomic E-state index is 5.68. The maximum Gasteiger partial charge on any atom is 0.128 e. The molecule has 0 spiro atoms. The zero-order chi connectivity index (χ0) is 9.97. The molecule has 1 fully saturated rings. The van der Waals surface area contributed by atoms with Gasteiger partial charge in [0.05, 0.1) is 0 Å². The molecule has 4 heteroatoms. The average Bonchev–Trinajstić information content (AvgIpc) is 2.52. The summed E-state index contributed by atoms with van der Waals surface area (Å²) in [5.74, 6) is 4.00. The average molecular weight is 209 g/mol. The van der Waals surface area contributed by atoms with Gasteiger partial charge in [0.1, 0.15) is 5.82 Å². The summed E-state index contributed by atoms with van der Waals surface area (Å²) in [5, 5.41) is 3.42. The van der Waals surface area contributed by atoms with Crippen LogP contribution in [0.25, 0.3) is 0 Å². The SMILES string of the molecule is CC1CSCC1Nc1cc(N)ccn1. The molecule has 3 N–H and O–H groups in total. The third-order valence-electron chi connectivity index (χ3n) is 2.48. The van der Waals surface area contributed by atoms with E-state index in [1.165, 1.54) is 5.75 Å². The van der Waals surface area contributed by atoms with Gasteiger partial charge in [-0.15, -0.1) is 0 Å². The molecule has 2 rings (SSSR count). The van der Waals surface area contributed by atoms with Crippen molar-refractivity contribution in [3.05, 3.63) is 18.3 Å². The lowest BCUT2D eigenvalue weighted by atomic mass is 10.1. The smallest absolute Gasteiger partial charge is 0.128 e. The molecule has 0 aromatic carbocycles. The van der Waals surface area contributed by atoms with E-state index in [0.717, 1.165) is 17.3 Å². The van der Waals surface area contributed by atoms with Crippen LogP contribution in [0.3, 0.4) is 0 Å². The fourth-order valence-corrected chi connectivity index (χ4v) is 2.97. The van der Waals surface area contributed by atoms with Gasteiger partial charge in [-0.05, 0) is 17.7 Å². The zero-order valence-electron chi connectivity index (χ0n) is 8.23. The Morgan fingerprint density at radius 2 is 2.43 bits per heavy atom. The molecule has 1 aliphatic rings. The van der Waals surface area contributed by atoms with Crippen molar-refractivity contribution >= 4 is 23.3 Å². The van der Waals surface area contributed by atoms with Crippen LogP contribution in [0.2, 0.25) is 0 Å². The molecule has 3 nitrogen and oxygen atoms in total. The van der Waals surface area contributed by atoms with E-state index in [9.17, 15) is 0 Å². The predicted octanol–water partition coefficient (Wildman–Crippen LogP) is 1.83. The first kappa shape index (κ1) is 9.65. The Morgan fingerprint density at radius 3 is 3.07 bits per heavy atom. The molecule has 14 heavy (non-hydrogen) atoms. The van der Waals surface area contributed by atoms with E-state index in [2.05, 4.69) is 17.2 Å². The van der Waals surface area contributed by atoms with Gasteiger partial charge in [0.2, 0.25) is 0 Å². The summed E-state index contributed by atoms with van der Waals surface area (Å²) in [7, 11) is 0. The minimum Gasteiger partial charge on any atom is -0.399 e. The Bertz CT molecular complexity index is 316. The zero-order valence-corrected chi connectivity index (χ0v) is 9.05. The largest absolute Gasteiger partial charge is 0.399 e. The van der Waals surface area contributed by atoms with Gasteiger partial charge >= 0.3 is 0 Å². The number of pyridine rings is 1. The topological polar surface area (TPSA) is 50.9 Å². The molecule has 76 valence electrons. The molecule has 2 atom stereocenters. The van der Waals surface area contributed by atoms with Gasteiger partial charge in [-0.3, -0.25) is 0 Å². The van der Waals surface area contributed by atoms with Crippen molar-refractivity contribution in [3.63, 3.8) is 0 Å². The minimum atomic E-state index is 0.536. The van der Waals surface area contributed by atoms with E-state index >= 15 is 0 Å². The number of nitrogen functional groups attached to an aromatic ring is 1. The number of rotatable bonds is 2. The highest BCUT2D eigenvalue weighted by molar-refractivity contribution is 7.99. The van der Waals surface area contributed by atoms with E-state index in [1.54, 1.807) is 12.3 Å². The van der Waals surface area contributed by atoms with Crippen LogP contribution >= 0.6 is 11.8 Å². The van der Waals surface area contributed by atoms with Crippen LogP contribution in [-0.4, -0.2) is 22.5 Å². The summed E-state index contributed by atoms with van der Waals surface area (Å²) in [5.41, 5.74) is 6.45.